The van der Waals surface area contributed by atoms with E-state index in [1.807, 2.05) is 32.9 Å². The van der Waals surface area contributed by atoms with Crippen LogP contribution in [0.5, 0.6) is 11.5 Å². The summed E-state index contributed by atoms with van der Waals surface area (Å²) in [5.74, 6) is 1.22. The number of hydrogen-bond acceptors (Lipinski definition) is 4. The molecule has 6 heteroatoms. The first-order valence-corrected chi connectivity index (χ1v) is 9.34. The van der Waals surface area contributed by atoms with Crippen LogP contribution in [0.25, 0.3) is 0 Å². The smallest absolute Gasteiger partial charge is 0.291 e. The molecule has 0 unspecified atom stereocenters. The van der Waals surface area contributed by atoms with Crippen molar-refractivity contribution in [3.05, 3.63) is 76.2 Å². The van der Waals surface area contributed by atoms with Crippen molar-refractivity contribution in [3.63, 3.8) is 0 Å². The molecule has 1 heterocycles. The second-order valence-electron chi connectivity index (χ2n) is 6.82. The van der Waals surface area contributed by atoms with Gasteiger partial charge in [-0.1, -0.05) is 37.6 Å². The number of carbonyl (C=O) groups is 1. The Balaban J connectivity index is 1.69. The van der Waals surface area contributed by atoms with Crippen LogP contribution >= 0.6 is 11.6 Å². The van der Waals surface area contributed by atoms with Gasteiger partial charge in [-0.15, -0.1) is 0 Å². The second kappa shape index (κ2) is 8.40. The number of furan rings is 1. The van der Waals surface area contributed by atoms with Gasteiger partial charge in [0.2, 0.25) is 0 Å². The number of hydrogen-bond donors (Lipinski definition) is 2. The Morgan fingerprint density at radius 2 is 1.96 bits per heavy atom. The van der Waals surface area contributed by atoms with E-state index in [1.54, 1.807) is 36.4 Å². The summed E-state index contributed by atoms with van der Waals surface area (Å²) in [6, 6.07) is 13.9. The van der Waals surface area contributed by atoms with Crippen LogP contribution in [0.2, 0.25) is 5.02 Å². The Morgan fingerprint density at radius 3 is 2.68 bits per heavy atom. The summed E-state index contributed by atoms with van der Waals surface area (Å²) < 4.78 is 11.2. The Morgan fingerprint density at radius 1 is 1.21 bits per heavy atom. The second-order valence-corrected chi connectivity index (χ2v) is 7.23. The average Bonchev–Trinajstić information content (AvgIpc) is 3.12. The Hall–Kier alpha value is -2.92. The first-order valence-electron chi connectivity index (χ1n) is 8.96. The Bertz CT molecular complexity index is 994. The standard InChI is InChI=1S/C22H22ClNO4/c1-13(2)16-11-18(14(3)10-19(16)25)24-22(26)21-9-8-15(28-21)12-27-20-7-5-4-6-17(20)23/h4-11,13,25H,12H2,1-3H3,(H,24,26). The molecular formula is C22H22ClNO4. The lowest BCUT2D eigenvalue weighted by molar-refractivity contribution is 0.0992. The highest BCUT2D eigenvalue weighted by molar-refractivity contribution is 6.32. The molecule has 5 nitrogen and oxygen atoms in total. The monoisotopic (exact) mass is 399 g/mol. The summed E-state index contributed by atoms with van der Waals surface area (Å²) >= 11 is 6.06. The van der Waals surface area contributed by atoms with Crippen LogP contribution in [0.15, 0.2) is 52.9 Å². The van der Waals surface area contributed by atoms with Gasteiger partial charge >= 0.3 is 0 Å². The fourth-order valence-corrected chi connectivity index (χ4v) is 2.97. The van der Waals surface area contributed by atoms with Crippen molar-refractivity contribution in [1.29, 1.82) is 0 Å². The van der Waals surface area contributed by atoms with Crippen LogP contribution in [-0.2, 0) is 6.61 Å². The molecule has 1 amide bonds. The molecule has 0 saturated carbocycles. The van der Waals surface area contributed by atoms with Crippen molar-refractivity contribution in [3.8, 4) is 11.5 Å². The minimum atomic E-state index is -0.368. The van der Waals surface area contributed by atoms with E-state index in [4.69, 9.17) is 20.8 Å². The van der Waals surface area contributed by atoms with E-state index in [0.29, 0.717) is 22.2 Å². The molecule has 0 bridgehead atoms. The first kappa shape index (κ1) is 19.8. The maximum absolute atomic E-state index is 12.5. The first-order chi connectivity index (χ1) is 13.3. The van der Waals surface area contributed by atoms with E-state index in [0.717, 1.165) is 11.1 Å². The van der Waals surface area contributed by atoms with Crippen LogP contribution in [0.3, 0.4) is 0 Å². The molecule has 146 valence electrons. The normalized spacial score (nSPS) is 10.9. The van der Waals surface area contributed by atoms with Gasteiger partial charge in [0.1, 0.15) is 23.9 Å². The van der Waals surface area contributed by atoms with E-state index in [-0.39, 0.29) is 29.9 Å². The van der Waals surface area contributed by atoms with Gasteiger partial charge in [0.05, 0.1) is 5.02 Å². The maximum atomic E-state index is 12.5. The highest BCUT2D eigenvalue weighted by atomic mass is 35.5. The molecule has 0 atom stereocenters. The molecule has 3 rings (SSSR count). The average molecular weight is 400 g/mol. The van der Waals surface area contributed by atoms with E-state index in [9.17, 15) is 9.90 Å². The van der Waals surface area contributed by atoms with Crippen molar-refractivity contribution in [2.24, 2.45) is 0 Å². The number of benzene rings is 2. The molecule has 0 spiro atoms. The molecule has 0 radical (unpaired) electrons. The molecule has 2 aromatic carbocycles. The highest BCUT2D eigenvalue weighted by Gasteiger charge is 2.16. The van der Waals surface area contributed by atoms with Crippen molar-refractivity contribution in [2.45, 2.75) is 33.3 Å². The number of aromatic hydroxyl groups is 1. The van der Waals surface area contributed by atoms with Crippen molar-refractivity contribution in [1.82, 2.24) is 0 Å². The lowest BCUT2D eigenvalue weighted by atomic mass is 9.99. The van der Waals surface area contributed by atoms with Gasteiger partial charge in [0, 0.05) is 5.69 Å². The fourth-order valence-electron chi connectivity index (χ4n) is 2.78. The van der Waals surface area contributed by atoms with E-state index in [1.165, 1.54) is 0 Å². The number of rotatable bonds is 6. The number of ether oxygens (including phenoxy) is 1. The third-order valence-electron chi connectivity index (χ3n) is 4.34. The SMILES string of the molecule is Cc1cc(O)c(C(C)C)cc1NC(=O)c1ccc(COc2ccccc2Cl)o1. The summed E-state index contributed by atoms with van der Waals surface area (Å²) in [7, 11) is 0. The molecule has 0 aliphatic heterocycles. The summed E-state index contributed by atoms with van der Waals surface area (Å²) in [4.78, 5) is 12.5. The van der Waals surface area contributed by atoms with E-state index >= 15 is 0 Å². The summed E-state index contributed by atoms with van der Waals surface area (Å²) in [5.41, 5.74) is 2.18. The van der Waals surface area contributed by atoms with Crippen LogP contribution in [-0.4, -0.2) is 11.0 Å². The number of anilines is 1. The Labute approximate surface area is 168 Å². The number of phenols is 1. The molecule has 0 fully saturated rings. The molecule has 28 heavy (non-hydrogen) atoms. The van der Waals surface area contributed by atoms with E-state index in [2.05, 4.69) is 5.32 Å². The van der Waals surface area contributed by atoms with Crippen LogP contribution in [0.1, 0.15) is 47.2 Å². The van der Waals surface area contributed by atoms with Gasteiger partial charge in [0.15, 0.2) is 5.76 Å². The molecule has 0 saturated heterocycles. The van der Waals surface area contributed by atoms with Crippen molar-refractivity contribution >= 4 is 23.2 Å². The fraction of sp³-hybridized carbons (Fsp3) is 0.227. The number of amides is 1. The van der Waals surface area contributed by atoms with Crippen molar-refractivity contribution < 1.29 is 19.1 Å². The topological polar surface area (TPSA) is 71.7 Å². The zero-order chi connectivity index (χ0) is 20.3. The zero-order valence-corrected chi connectivity index (χ0v) is 16.7. The predicted octanol–water partition coefficient (Wildman–Crippen LogP) is 5.90. The van der Waals surface area contributed by atoms with Crippen LogP contribution in [0, 0.1) is 6.92 Å². The molecule has 0 aliphatic rings. The minimum Gasteiger partial charge on any atom is -0.508 e. The van der Waals surface area contributed by atoms with Gasteiger partial charge in [-0.3, -0.25) is 4.79 Å². The van der Waals surface area contributed by atoms with Gasteiger partial charge in [-0.05, 0) is 60.4 Å². The largest absolute Gasteiger partial charge is 0.508 e. The lowest BCUT2D eigenvalue weighted by Crippen LogP contribution is -2.12. The maximum Gasteiger partial charge on any atom is 0.291 e. The minimum absolute atomic E-state index is 0.133. The quantitative estimate of drug-likeness (QED) is 0.506. The number of para-hydroxylation sites is 1. The number of phenolic OH excluding ortho intramolecular Hbond substituents is 1. The molecule has 1 aromatic heterocycles. The summed E-state index contributed by atoms with van der Waals surface area (Å²) in [6.45, 7) is 5.94. The zero-order valence-electron chi connectivity index (χ0n) is 16.0. The summed E-state index contributed by atoms with van der Waals surface area (Å²) in [6.07, 6.45) is 0. The van der Waals surface area contributed by atoms with Gasteiger partial charge in [-0.2, -0.15) is 0 Å². The van der Waals surface area contributed by atoms with Gasteiger partial charge in [-0.25, -0.2) is 0 Å². The highest BCUT2D eigenvalue weighted by Crippen LogP contribution is 2.31. The van der Waals surface area contributed by atoms with Crippen LogP contribution in [0.4, 0.5) is 5.69 Å². The third kappa shape index (κ3) is 4.49. The predicted molar refractivity (Wildman–Crippen MR) is 109 cm³/mol. The third-order valence-corrected chi connectivity index (χ3v) is 4.65. The number of halogens is 1. The lowest BCUT2D eigenvalue weighted by Gasteiger charge is -2.14. The number of nitrogens with one attached hydrogen (secondary N) is 1. The molecule has 2 N–H and O–H groups in total. The Kier molecular flexibility index (Phi) is 5.95. The summed E-state index contributed by atoms with van der Waals surface area (Å²) in [5, 5.41) is 13.4. The van der Waals surface area contributed by atoms with Crippen molar-refractivity contribution in [2.75, 3.05) is 5.32 Å². The molecule has 3 aromatic rings. The number of carbonyl (C=O) groups excluding carboxylic acids is 1. The van der Waals surface area contributed by atoms with E-state index < -0.39 is 0 Å². The van der Waals surface area contributed by atoms with Crippen LogP contribution < -0.4 is 10.1 Å². The van der Waals surface area contributed by atoms with Gasteiger partial charge in [0.25, 0.3) is 5.91 Å². The number of aryl methyl sites for hydroxylation is 1. The molecular weight excluding hydrogens is 378 g/mol. The molecule has 0 aliphatic carbocycles. The van der Waals surface area contributed by atoms with Gasteiger partial charge < -0.3 is 19.6 Å².